The van der Waals surface area contributed by atoms with Gasteiger partial charge in [-0.1, -0.05) is 84.0 Å². The van der Waals surface area contributed by atoms with Crippen LogP contribution < -0.4 is 0 Å². The summed E-state index contributed by atoms with van der Waals surface area (Å²) in [5.41, 5.74) is 0. The Hall–Kier alpha value is -0.610. The Labute approximate surface area is 155 Å². The molecule has 4 heteroatoms. The number of rotatable bonds is 19. The first kappa shape index (κ1) is 24.4. The molecule has 1 unspecified atom stereocenters. The minimum Gasteiger partial charge on any atom is -0.464 e. The summed E-state index contributed by atoms with van der Waals surface area (Å²) >= 11 is 0. The van der Waals surface area contributed by atoms with Crippen molar-refractivity contribution >= 4 is 5.97 Å². The van der Waals surface area contributed by atoms with Crippen LogP contribution in [0.3, 0.4) is 0 Å². The van der Waals surface area contributed by atoms with Crippen molar-refractivity contribution in [3.8, 4) is 0 Å². The van der Waals surface area contributed by atoms with Gasteiger partial charge >= 0.3 is 5.97 Å². The van der Waals surface area contributed by atoms with Crippen LogP contribution in [0.25, 0.3) is 0 Å². The third kappa shape index (κ3) is 18.0. The highest BCUT2D eigenvalue weighted by atomic mass is 16.5. The van der Waals surface area contributed by atoms with Crippen LogP contribution in [0.4, 0.5) is 0 Å². The Kier molecular flexibility index (Phi) is 19.2. The summed E-state index contributed by atoms with van der Waals surface area (Å²) in [4.78, 5) is 11.6. The highest BCUT2D eigenvalue weighted by molar-refractivity contribution is 5.74. The van der Waals surface area contributed by atoms with Gasteiger partial charge in [0.1, 0.15) is 0 Å². The summed E-state index contributed by atoms with van der Waals surface area (Å²) in [6.07, 6.45) is 17.2. The fourth-order valence-electron chi connectivity index (χ4n) is 2.96. The van der Waals surface area contributed by atoms with Crippen molar-refractivity contribution in [1.82, 2.24) is 0 Å². The molecule has 0 aliphatic carbocycles. The van der Waals surface area contributed by atoms with E-state index < -0.39 is 12.1 Å². The zero-order valence-corrected chi connectivity index (χ0v) is 16.5. The number of aliphatic hydroxyl groups excluding tert-OH is 2. The standard InChI is InChI=1S/C21H42O4/c1-2-3-4-5-6-7-8-9-10-11-12-14-17-20(23)21(24)25-19-16-13-15-18-22/h20,22-23H,2-19H2,1H3. The topological polar surface area (TPSA) is 66.8 Å². The third-order valence-corrected chi connectivity index (χ3v) is 4.65. The minimum absolute atomic E-state index is 0.176. The molecule has 0 aromatic heterocycles. The Balaban J connectivity index is 3.28. The second-order valence-electron chi connectivity index (χ2n) is 7.15. The summed E-state index contributed by atoms with van der Waals surface area (Å²) < 4.78 is 5.04. The van der Waals surface area contributed by atoms with Crippen molar-refractivity contribution < 1.29 is 19.7 Å². The molecule has 25 heavy (non-hydrogen) atoms. The van der Waals surface area contributed by atoms with Crippen molar-refractivity contribution in [3.05, 3.63) is 0 Å². The lowest BCUT2D eigenvalue weighted by molar-refractivity contribution is -0.154. The highest BCUT2D eigenvalue weighted by Crippen LogP contribution is 2.13. The second kappa shape index (κ2) is 19.7. The number of aliphatic hydroxyl groups is 2. The van der Waals surface area contributed by atoms with Gasteiger partial charge in [-0.2, -0.15) is 0 Å². The van der Waals surface area contributed by atoms with Crippen LogP contribution in [0.2, 0.25) is 0 Å². The van der Waals surface area contributed by atoms with Crippen molar-refractivity contribution in [2.45, 2.75) is 116 Å². The van der Waals surface area contributed by atoms with E-state index in [0.29, 0.717) is 13.0 Å². The van der Waals surface area contributed by atoms with E-state index in [0.717, 1.165) is 32.1 Å². The van der Waals surface area contributed by atoms with E-state index in [1.165, 1.54) is 64.2 Å². The molecule has 1 atom stereocenters. The van der Waals surface area contributed by atoms with Gasteiger partial charge in [-0.05, 0) is 25.7 Å². The monoisotopic (exact) mass is 358 g/mol. The molecule has 0 bridgehead atoms. The van der Waals surface area contributed by atoms with Gasteiger partial charge in [-0.15, -0.1) is 0 Å². The molecule has 0 aliphatic heterocycles. The summed E-state index contributed by atoms with van der Waals surface area (Å²) in [5, 5.41) is 18.4. The quantitative estimate of drug-likeness (QED) is 0.248. The number of ether oxygens (including phenoxy) is 1. The van der Waals surface area contributed by atoms with E-state index in [4.69, 9.17) is 9.84 Å². The molecule has 0 aromatic rings. The van der Waals surface area contributed by atoms with Crippen molar-refractivity contribution in [2.75, 3.05) is 13.2 Å². The first-order valence-corrected chi connectivity index (χ1v) is 10.7. The Morgan fingerprint density at radius 3 is 1.76 bits per heavy atom. The van der Waals surface area contributed by atoms with Crippen LogP contribution in [-0.4, -0.2) is 35.5 Å². The van der Waals surface area contributed by atoms with Gasteiger partial charge in [0.2, 0.25) is 0 Å². The number of hydrogen-bond donors (Lipinski definition) is 2. The minimum atomic E-state index is -0.971. The zero-order chi connectivity index (χ0) is 18.6. The summed E-state index contributed by atoms with van der Waals surface area (Å²) in [5.74, 6) is -0.493. The first-order valence-electron chi connectivity index (χ1n) is 10.7. The average molecular weight is 359 g/mol. The zero-order valence-electron chi connectivity index (χ0n) is 16.5. The molecular weight excluding hydrogens is 316 g/mol. The summed E-state index contributed by atoms with van der Waals surface area (Å²) in [6, 6.07) is 0. The molecule has 0 heterocycles. The molecule has 0 spiro atoms. The Bertz CT molecular complexity index is 281. The average Bonchev–Trinajstić information content (AvgIpc) is 2.62. The third-order valence-electron chi connectivity index (χ3n) is 4.65. The van der Waals surface area contributed by atoms with Crippen LogP contribution in [0, 0.1) is 0 Å². The van der Waals surface area contributed by atoms with Crippen LogP contribution in [0.5, 0.6) is 0 Å². The maximum atomic E-state index is 11.6. The van der Waals surface area contributed by atoms with E-state index in [2.05, 4.69) is 6.92 Å². The van der Waals surface area contributed by atoms with Crippen molar-refractivity contribution in [1.29, 1.82) is 0 Å². The van der Waals surface area contributed by atoms with E-state index in [1.54, 1.807) is 0 Å². The predicted molar refractivity (Wildman–Crippen MR) is 104 cm³/mol. The van der Waals surface area contributed by atoms with E-state index >= 15 is 0 Å². The SMILES string of the molecule is CCCCCCCCCCCCCCC(O)C(=O)OCCCCCO. The van der Waals surface area contributed by atoms with Gasteiger partial charge < -0.3 is 14.9 Å². The molecule has 150 valence electrons. The maximum absolute atomic E-state index is 11.6. The highest BCUT2D eigenvalue weighted by Gasteiger charge is 2.15. The van der Waals surface area contributed by atoms with Crippen LogP contribution in [-0.2, 0) is 9.53 Å². The molecule has 4 nitrogen and oxygen atoms in total. The van der Waals surface area contributed by atoms with E-state index in [1.807, 2.05) is 0 Å². The van der Waals surface area contributed by atoms with Crippen LogP contribution >= 0.6 is 0 Å². The Morgan fingerprint density at radius 2 is 1.24 bits per heavy atom. The molecule has 0 saturated heterocycles. The smallest absolute Gasteiger partial charge is 0.334 e. The largest absolute Gasteiger partial charge is 0.464 e. The number of carbonyl (C=O) groups is 1. The van der Waals surface area contributed by atoms with Gasteiger partial charge in [0, 0.05) is 6.61 Å². The fourth-order valence-corrected chi connectivity index (χ4v) is 2.96. The van der Waals surface area contributed by atoms with Gasteiger partial charge in [0.05, 0.1) is 6.61 Å². The normalized spacial score (nSPS) is 12.3. The molecule has 0 radical (unpaired) electrons. The maximum Gasteiger partial charge on any atom is 0.334 e. The van der Waals surface area contributed by atoms with Crippen molar-refractivity contribution in [2.24, 2.45) is 0 Å². The molecule has 0 saturated carbocycles. The summed E-state index contributed by atoms with van der Waals surface area (Å²) in [7, 11) is 0. The molecule has 0 fully saturated rings. The summed E-state index contributed by atoms with van der Waals surface area (Å²) in [6.45, 7) is 2.77. The van der Waals surface area contributed by atoms with E-state index in [-0.39, 0.29) is 6.61 Å². The number of carbonyl (C=O) groups excluding carboxylic acids is 1. The molecular formula is C21H42O4. The lowest BCUT2D eigenvalue weighted by Gasteiger charge is -2.10. The predicted octanol–water partition coefficient (Wildman–Crippen LogP) is 5.14. The molecule has 2 N–H and O–H groups in total. The molecule has 0 rings (SSSR count). The van der Waals surface area contributed by atoms with Gasteiger partial charge in [-0.3, -0.25) is 0 Å². The number of unbranched alkanes of at least 4 members (excludes halogenated alkanes) is 13. The lowest BCUT2D eigenvalue weighted by atomic mass is 10.0. The first-order chi connectivity index (χ1) is 12.2. The van der Waals surface area contributed by atoms with Gasteiger partial charge in [0.15, 0.2) is 6.10 Å². The van der Waals surface area contributed by atoms with Gasteiger partial charge in [-0.25, -0.2) is 4.79 Å². The van der Waals surface area contributed by atoms with Crippen LogP contribution in [0.15, 0.2) is 0 Å². The fraction of sp³-hybridized carbons (Fsp3) is 0.952. The lowest BCUT2D eigenvalue weighted by Crippen LogP contribution is -2.23. The molecule has 0 aromatic carbocycles. The Morgan fingerprint density at radius 1 is 0.760 bits per heavy atom. The molecule has 0 amide bonds. The van der Waals surface area contributed by atoms with Gasteiger partial charge in [0.25, 0.3) is 0 Å². The van der Waals surface area contributed by atoms with Crippen molar-refractivity contribution in [3.63, 3.8) is 0 Å². The van der Waals surface area contributed by atoms with Crippen LogP contribution in [0.1, 0.15) is 110 Å². The number of esters is 1. The second-order valence-corrected chi connectivity index (χ2v) is 7.15. The number of hydrogen-bond acceptors (Lipinski definition) is 4. The van der Waals surface area contributed by atoms with E-state index in [9.17, 15) is 9.90 Å². The molecule has 0 aliphatic rings.